The van der Waals surface area contributed by atoms with E-state index in [1.165, 1.54) is 0 Å². The third-order valence-corrected chi connectivity index (χ3v) is 2.50. The predicted molar refractivity (Wildman–Crippen MR) is 76.0 cm³/mol. The van der Waals surface area contributed by atoms with Crippen LogP contribution in [0.4, 0.5) is 5.69 Å². The fraction of sp³-hybridized carbons (Fsp3) is 0.429. The Balaban J connectivity index is 2.77. The van der Waals surface area contributed by atoms with Crippen molar-refractivity contribution in [1.29, 1.82) is 0 Å². The van der Waals surface area contributed by atoms with Crippen LogP contribution in [0.5, 0.6) is 0 Å². The lowest BCUT2D eigenvalue weighted by Gasteiger charge is -2.18. The molecule has 4 N–H and O–H groups in total. The van der Waals surface area contributed by atoms with Crippen molar-refractivity contribution in [2.24, 2.45) is 5.73 Å². The molecule has 0 fully saturated rings. The monoisotopic (exact) mass is 263 g/mol. The van der Waals surface area contributed by atoms with Crippen molar-refractivity contribution in [2.75, 3.05) is 11.9 Å². The van der Waals surface area contributed by atoms with Crippen LogP contribution in [0, 0.1) is 0 Å². The van der Waals surface area contributed by atoms with Gasteiger partial charge in [0.05, 0.1) is 5.54 Å². The molecule has 19 heavy (non-hydrogen) atoms. The van der Waals surface area contributed by atoms with E-state index in [1.54, 1.807) is 38.1 Å². The second-order valence-corrected chi connectivity index (χ2v) is 5.01. The summed E-state index contributed by atoms with van der Waals surface area (Å²) in [4.78, 5) is 23.5. The molecular weight excluding hydrogens is 242 g/mol. The van der Waals surface area contributed by atoms with Gasteiger partial charge in [-0.3, -0.25) is 9.59 Å². The second kappa shape index (κ2) is 6.33. The zero-order valence-electron chi connectivity index (χ0n) is 11.6. The van der Waals surface area contributed by atoms with E-state index in [1.807, 2.05) is 6.92 Å². The van der Waals surface area contributed by atoms with E-state index in [2.05, 4.69) is 10.6 Å². The number of rotatable bonds is 5. The van der Waals surface area contributed by atoms with Gasteiger partial charge in [0, 0.05) is 17.8 Å². The standard InChI is InChI=1S/C14H21N3O2/c1-4-8-16-12(18)10-6-5-7-11(9-10)17-13(19)14(2,3)15/h5-7,9H,4,8,15H2,1-3H3,(H,16,18)(H,17,19). The summed E-state index contributed by atoms with van der Waals surface area (Å²) in [6, 6.07) is 6.78. The quantitative estimate of drug-likeness (QED) is 0.752. The Hall–Kier alpha value is -1.88. The normalized spacial score (nSPS) is 10.9. The molecule has 0 aromatic heterocycles. The molecule has 104 valence electrons. The number of carbonyl (C=O) groups excluding carboxylic acids is 2. The molecule has 0 saturated heterocycles. The minimum atomic E-state index is -0.958. The van der Waals surface area contributed by atoms with E-state index in [0.717, 1.165) is 6.42 Å². The first-order valence-corrected chi connectivity index (χ1v) is 6.33. The number of hydrogen-bond acceptors (Lipinski definition) is 3. The van der Waals surface area contributed by atoms with Crippen LogP contribution in [-0.4, -0.2) is 23.9 Å². The molecule has 0 spiro atoms. The van der Waals surface area contributed by atoms with Crippen molar-refractivity contribution in [1.82, 2.24) is 5.32 Å². The summed E-state index contributed by atoms with van der Waals surface area (Å²) in [6.07, 6.45) is 0.879. The topological polar surface area (TPSA) is 84.2 Å². The van der Waals surface area contributed by atoms with Crippen molar-refractivity contribution in [3.8, 4) is 0 Å². The van der Waals surface area contributed by atoms with Gasteiger partial charge in [-0.15, -0.1) is 0 Å². The molecule has 0 radical (unpaired) electrons. The first-order valence-electron chi connectivity index (χ1n) is 6.33. The maximum absolute atomic E-state index is 11.8. The van der Waals surface area contributed by atoms with Crippen LogP contribution in [0.15, 0.2) is 24.3 Å². The highest BCUT2D eigenvalue weighted by molar-refractivity contribution is 5.99. The van der Waals surface area contributed by atoms with Gasteiger partial charge >= 0.3 is 0 Å². The van der Waals surface area contributed by atoms with Gasteiger partial charge in [0.15, 0.2) is 0 Å². The van der Waals surface area contributed by atoms with E-state index < -0.39 is 5.54 Å². The van der Waals surface area contributed by atoms with Crippen LogP contribution in [0.25, 0.3) is 0 Å². The van der Waals surface area contributed by atoms with E-state index in [9.17, 15) is 9.59 Å². The Labute approximate surface area is 113 Å². The molecule has 0 bridgehead atoms. The number of nitrogens with two attached hydrogens (primary N) is 1. The lowest BCUT2D eigenvalue weighted by Crippen LogP contribution is -2.45. The van der Waals surface area contributed by atoms with Crippen molar-refractivity contribution in [3.63, 3.8) is 0 Å². The van der Waals surface area contributed by atoms with Crippen LogP contribution in [0.2, 0.25) is 0 Å². The minimum Gasteiger partial charge on any atom is -0.352 e. The Morgan fingerprint density at radius 1 is 1.32 bits per heavy atom. The maximum atomic E-state index is 11.8. The van der Waals surface area contributed by atoms with Gasteiger partial charge in [-0.25, -0.2) is 0 Å². The predicted octanol–water partition coefficient (Wildman–Crippen LogP) is 1.50. The average molecular weight is 263 g/mol. The smallest absolute Gasteiger partial charge is 0.251 e. The van der Waals surface area contributed by atoms with Crippen molar-refractivity contribution < 1.29 is 9.59 Å². The number of amides is 2. The number of benzene rings is 1. The van der Waals surface area contributed by atoms with Gasteiger partial charge in [0.1, 0.15) is 0 Å². The fourth-order valence-electron chi connectivity index (χ4n) is 1.37. The van der Waals surface area contributed by atoms with Crippen molar-refractivity contribution in [3.05, 3.63) is 29.8 Å². The second-order valence-electron chi connectivity index (χ2n) is 5.01. The first-order chi connectivity index (χ1) is 8.84. The van der Waals surface area contributed by atoms with E-state index in [0.29, 0.717) is 17.8 Å². The number of nitrogens with one attached hydrogen (secondary N) is 2. The zero-order valence-corrected chi connectivity index (χ0v) is 11.6. The summed E-state index contributed by atoms with van der Waals surface area (Å²) >= 11 is 0. The molecule has 0 aliphatic carbocycles. The molecule has 1 aromatic carbocycles. The Morgan fingerprint density at radius 3 is 2.58 bits per heavy atom. The number of anilines is 1. The minimum absolute atomic E-state index is 0.148. The van der Waals surface area contributed by atoms with E-state index in [-0.39, 0.29) is 11.8 Å². The zero-order chi connectivity index (χ0) is 14.5. The first kappa shape index (κ1) is 15.2. The highest BCUT2D eigenvalue weighted by Crippen LogP contribution is 2.12. The van der Waals surface area contributed by atoms with Crippen molar-refractivity contribution >= 4 is 17.5 Å². The van der Waals surface area contributed by atoms with Gasteiger partial charge in [0.2, 0.25) is 5.91 Å². The van der Waals surface area contributed by atoms with Crippen LogP contribution < -0.4 is 16.4 Å². The molecule has 5 nitrogen and oxygen atoms in total. The lowest BCUT2D eigenvalue weighted by molar-refractivity contribution is -0.120. The molecule has 1 rings (SSSR count). The summed E-state index contributed by atoms with van der Waals surface area (Å²) < 4.78 is 0. The number of hydrogen-bond donors (Lipinski definition) is 3. The van der Waals surface area contributed by atoms with Crippen LogP contribution in [0.1, 0.15) is 37.6 Å². The third-order valence-electron chi connectivity index (χ3n) is 2.50. The maximum Gasteiger partial charge on any atom is 0.251 e. The molecule has 1 aromatic rings. The van der Waals surface area contributed by atoms with Crippen LogP contribution >= 0.6 is 0 Å². The lowest BCUT2D eigenvalue weighted by atomic mass is 10.1. The summed E-state index contributed by atoms with van der Waals surface area (Å²) in [5.41, 5.74) is 5.82. The summed E-state index contributed by atoms with van der Waals surface area (Å²) in [7, 11) is 0. The molecule has 2 amide bonds. The van der Waals surface area contributed by atoms with Gasteiger partial charge in [-0.05, 0) is 38.5 Å². The fourth-order valence-corrected chi connectivity index (χ4v) is 1.37. The van der Waals surface area contributed by atoms with Gasteiger partial charge in [0.25, 0.3) is 5.91 Å². The van der Waals surface area contributed by atoms with Gasteiger partial charge in [-0.1, -0.05) is 13.0 Å². The number of carbonyl (C=O) groups is 2. The largest absolute Gasteiger partial charge is 0.352 e. The molecule has 0 heterocycles. The molecule has 0 aliphatic rings. The molecule has 0 aliphatic heterocycles. The molecule has 0 saturated carbocycles. The highest BCUT2D eigenvalue weighted by atomic mass is 16.2. The van der Waals surface area contributed by atoms with Crippen LogP contribution in [-0.2, 0) is 4.79 Å². The SMILES string of the molecule is CCCNC(=O)c1cccc(NC(=O)C(C)(C)N)c1. The summed E-state index contributed by atoms with van der Waals surface area (Å²) in [5.74, 6) is -0.441. The molecular formula is C14H21N3O2. The van der Waals surface area contributed by atoms with Gasteiger partial charge in [-0.2, -0.15) is 0 Å². The summed E-state index contributed by atoms with van der Waals surface area (Å²) in [6.45, 7) is 5.87. The third kappa shape index (κ3) is 4.71. The van der Waals surface area contributed by atoms with Gasteiger partial charge < -0.3 is 16.4 Å². The average Bonchev–Trinajstić information content (AvgIpc) is 2.35. The molecule has 0 atom stereocenters. The van der Waals surface area contributed by atoms with E-state index in [4.69, 9.17) is 5.73 Å². The molecule has 5 heteroatoms. The Morgan fingerprint density at radius 2 is 2.00 bits per heavy atom. The highest BCUT2D eigenvalue weighted by Gasteiger charge is 2.21. The van der Waals surface area contributed by atoms with Crippen LogP contribution in [0.3, 0.4) is 0 Å². The Kier molecular flexibility index (Phi) is 5.06. The summed E-state index contributed by atoms with van der Waals surface area (Å²) in [5, 5.41) is 5.47. The molecule has 0 unspecified atom stereocenters. The van der Waals surface area contributed by atoms with E-state index >= 15 is 0 Å². The van der Waals surface area contributed by atoms with Crippen molar-refractivity contribution in [2.45, 2.75) is 32.7 Å². The Bertz CT molecular complexity index is 464.